The van der Waals surface area contributed by atoms with E-state index in [0.717, 1.165) is 12.8 Å². The first-order chi connectivity index (χ1) is 5.79. The zero-order valence-electron chi connectivity index (χ0n) is 7.83. The lowest BCUT2D eigenvalue weighted by Crippen LogP contribution is -2.35. The van der Waals surface area contributed by atoms with Crippen LogP contribution in [-0.2, 0) is 5.54 Å². The van der Waals surface area contributed by atoms with Crippen LogP contribution in [0, 0.1) is 0 Å². The molecule has 0 fully saturated rings. The number of nitrogens with zero attached hydrogens (tertiary/aromatic N) is 1. The first-order valence-electron chi connectivity index (χ1n) is 4.53. The molecule has 0 atom stereocenters. The lowest BCUT2D eigenvalue weighted by molar-refractivity contribution is 0.122. The van der Waals surface area contributed by atoms with E-state index in [-0.39, 0.29) is 12.1 Å². The summed E-state index contributed by atoms with van der Waals surface area (Å²) in [5.41, 5.74) is -0.0799. The van der Waals surface area contributed by atoms with Gasteiger partial charge in [0.15, 0.2) is 0 Å². The maximum absolute atomic E-state index is 9.33. The maximum atomic E-state index is 9.33. The van der Waals surface area contributed by atoms with Crippen molar-refractivity contribution in [2.75, 3.05) is 6.61 Å². The monoisotopic (exact) mass is 167 g/mol. The van der Waals surface area contributed by atoms with Gasteiger partial charge in [-0.2, -0.15) is 0 Å². The first kappa shape index (κ1) is 9.33. The van der Waals surface area contributed by atoms with Crippen molar-refractivity contribution in [1.29, 1.82) is 0 Å². The summed E-state index contributed by atoms with van der Waals surface area (Å²) in [4.78, 5) is 0. The fourth-order valence-corrected chi connectivity index (χ4v) is 1.57. The lowest BCUT2D eigenvalue weighted by Gasteiger charge is -2.31. The summed E-state index contributed by atoms with van der Waals surface area (Å²) < 4.78 is 2.10. The van der Waals surface area contributed by atoms with Crippen molar-refractivity contribution >= 4 is 0 Å². The number of rotatable bonds is 4. The Morgan fingerprint density at radius 3 is 2.00 bits per heavy atom. The molecule has 0 aliphatic carbocycles. The van der Waals surface area contributed by atoms with Crippen molar-refractivity contribution in [2.45, 2.75) is 32.2 Å². The molecule has 1 aromatic heterocycles. The van der Waals surface area contributed by atoms with Crippen LogP contribution in [0.5, 0.6) is 0 Å². The molecule has 68 valence electrons. The van der Waals surface area contributed by atoms with Gasteiger partial charge in [0.05, 0.1) is 12.1 Å². The van der Waals surface area contributed by atoms with E-state index in [1.807, 2.05) is 24.5 Å². The molecule has 2 heteroatoms. The van der Waals surface area contributed by atoms with Gasteiger partial charge < -0.3 is 9.67 Å². The Labute approximate surface area is 73.8 Å². The fraction of sp³-hybridized carbons (Fsp3) is 0.600. The van der Waals surface area contributed by atoms with Crippen molar-refractivity contribution in [3.05, 3.63) is 24.5 Å². The van der Waals surface area contributed by atoms with Gasteiger partial charge in [0, 0.05) is 12.4 Å². The predicted octanol–water partition coefficient (Wildman–Crippen LogP) is 2.00. The van der Waals surface area contributed by atoms with E-state index in [1.54, 1.807) is 0 Å². The zero-order valence-corrected chi connectivity index (χ0v) is 7.83. The number of aliphatic hydroxyl groups is 1. The third-order valence-electron chi connectivity index (χ3n) is 2.76. The van der Waals surface area contributed by atoms with Crippen molar-refractivity contribution in [3.63, 3.8) is 0 Å². The summed E-state index contributed by atoms with van der Waals surface area (Å²) in [6.07, 6.45) is 5.97. The topological polar surface area (TPSA) is 25.2 Å². The molecule has 0 aliphatic rings. The summed E-state index contributed by atoms with van der Waals surface area (Å²) in [7, 11) is 0. The van der Waals surface area contributed by atoms with Gasteiger partial charge >= 0.3 is 0 Å². The number of hydrogen-bond acceptors (Lipinski definition) is 1. The number of hydrogen-bond donors (Lipinski definition) is 1. The summed E-state index contributed by atoms with van der Waals surface area (Å²) in [6.45, 7) is 4.44. The van der Waals surface area contributed by atoms with Crippen LogP contribution in [-0.4, -0.2) is 16.3 Å². The van der Waals surface area contributed by atoms with Crippen LogP contribution in [0.25, 0.3) is 0 Å². The van der Waals surface area contributed by atoms with E-state index in [9.17, 15) is 5.11 Å². The number of aliphatic hydroxyl groups excluding tert-OH is 1. The minimum atomic E-state index is -0.0799. The van der Waals surface area contributed by atoms with Gasteiger partial charge in [-0.1, -0.05) is 13.8 Å². The summed E-state index contributed by atoms with van der Waals surface area (Å²) in [5, 5.41) is 9.33. The molecule has 12 heavy (non-hydrogen) atoms. The Kier molecular flexibility index (Phi) is 2.93. The highest BCUT2D eigenvalue weighted by Crippen LogP contribution is 2.24. The van der Waals surface area contributed by atoms with Gasteiger partial charge in [-0.3, -0.25) is 0 Å². The average Bonchev–Trinajstić information content (AvgIpc) is 2.62. The van der Waals surface area contributed by atoms with E-state index < -0.39 is 0 Å². The Bertz CT molecular complexity index is 203. The Balaban J connectivity index is 2.93. The highest BCUT2D eigenvalue weighted by molar-refractivity contribution is 4.98. The molecule has 0 spiro atoms. The molecule has 2 nitrogen and oxygen atoms in total. The second-order valence-corrected chi connectivity index (χ2v) is 3.18. The van der Waals surface area contributed by atoms with Crippen molar-refractivity contribution < 1.29 is 5.11 Å². The summed E-state index contributed by atoms with van der Waals surface area (Å²) in [5.74, 6) is 0. The summed E-state index contributed by atoms with van der Waals surface area (Å²) >= 11 is 0. The standard InChI is InChI=1S/C10H17NO/c1-3-10(4-2,9-12)11-7-5-6-8-11/h5-8,12H,3-4,9H2,1-2H3. The molecular weight excluding hydrogens is 150 g/mol. The average molecular weight is 167 g/mol. The minimum absolute atomic E-state index is 0.0799. The van der Waals surface area contributed by atoms with Gasteiger partial charge in [-0.05, 0) is 25.0 Å². The second-order valence-electron chi connectivity index (χ2n) is 3.18. The Hall–Kier alpha value is -0.760. The highest BCUT2D eigenvalue weighted by atomic mass is 16.3. The normalized spacial score (nSPS) is 11.9. The SMILES string of the molecule is CCC(CC)(CO)n1cccc1. The van der Waals surface area contributed by atoms with Crippen LogP contribution < -0.4 is 0 Å². The largest absolute Gasteiger partial charge is 0.394 e. The highest BCUT2D eigenvalue weighted by Gasteiger charge is 2.25. The predicted molar refractivity (Wildman–Crippen MR) is 50.1 cm³/mol. The van der Waals surface area contributed by atoms with Crippen LogP contribution in [0.1, 0.15) is 26.7 Å². The van der Waals surface area contributed by atoms with Gasteiger partial charge in [0.2, 0.25) is 0 Å². The molecule has 1 rings (SSSR count). The molecule has 0 saturated carbocycles. The fourth-order valence-electron chi connectivity index (χ4n) is 1.57. The number of aromatic nitrogens is 1. The van der Waals surface area contributed by atoms with Crippen LogP contribution in [0.4, 0.5) is 0 Å². The van der Waals surface area contributed by atoms with Gasteiger partial charge in [0.25, 0.3) is 0 Å². The molecule has 1 N–H and O–H groups in total. The van der Waals surface area contributed by atoms with Gasteiger partial charge in [-0.25, -0.2) is 0 Å². The van der Waals surface area contributed by atoms with E-state index >= 15 is 0 Å². The molecule has 0 radical (unpaired) electrons. The molecule has 1 heterocycles. The molecule has 0 unspecified atom stereocenters. The van der Waals surface area contributed by atoms with E-state index in [0.29, 0.717) is 0 Å². The van der Waals surface area contributed by atoms with Crippen LogP contribution in [0.15, 0.2) is 24.5 Å². The molecule has 0 saturated heterocycles. The van der Waals surface area contributed by atoms with Gasteiger partial charge in [0.1, 0.15) is 0 Å². The van der Waals surface area contributed by atoms with Crippen molar-refractivity contribution in [1.82, 2.24) is 4.57 Å². The molecule has 0 aromatic carbocycles. The van der Waals surface area contributed by atoms with Crippen molar-refractivity contribution in [3.8, 4) is 0 Å². The minimum Gasteiger partial charge on any atom is -0.394 e. The Morgan fingerprint density at radius 2 is 1.67 bits per heavy atom. The second kappa shape index (κ2) is 3.76. The summed E-state index contributed by atoms with van der Waals surface area (Å²) in [6, 6.07) is 3.99. The van der Waals surface area contributed by atoms with E-state index in [2.05, 4.69) is 18.4 Å². The first-order valence-corrected chi connectivity index (χ1v) is 4.53. The van der Waals surface area contributed by atoms with E-state index in [4.69, 9.17) is 0 Å². The third-order valence-corrected chi connectivity index (χ3v) is 2.76. The van der Waals surface area contributed by atoms with Crippen LogP contribution >= 0.6 is 0 Å². The molecule has 0 bridgehead atoms. The van der Waals surface area contributed by atoms with Crippen LogP contribution in [0.2, 0.25) is 0 Å². The molecule has 0 amide bonds. The quantitative estimate of drug-likeness (QED) is 0.729. The molecular formula is C10H17NO. The van der Waals surface area contributed by atoms with Gasteiger partial charge in [-0.15, -0.1) is 0 Å². The van der Waals surface area contributed by atoms with Crippen LogP contribution in [0.3, 0.4) is 0 Å². The third kappa shape index (κ3) is 1.39. The zero-order chi connectivity index (χ0) is 9.03. The molecule has 1 aromatic rings. The molecule has 0 aliphatic heterocycles. The van der Waals surface area contributed by atoms with E-state index in [1.165, 1.54) is 0 Å². The smallest absolute Gasteiger partial charge is 0.0666 e. The Morgan fingerprint density at radius 1 is 1.17 bits per heavy atom. The maximum Gasteiger partial charge on any atom is 0.0666 e. The lowest BCUT2D eigenvalue weighted by atomic mass is 9.94. The van der Waals surface area contributed by atoms with Crippen molar-refractivity contribution in [2.24, 2.45) is 0 Å².